The second-order valence-corrected chi connectivity index (χ2v) is 9.22. The highest BCUT2D eigenvalue weighted by molar-refractivity contribution is 5.89. The summed E-state index contributed by atoms with van der Waals surface area (Å²) in [7, 11) is 0. The Labute approximate surface area is 189 Å². The molecule has 2 atom stereocenters. The second-order valence-electron chi connectivity index (χ2n) is 9.22. The molecule has 2 bridgehead atoms. The van der Waals surface area contributed by atoms with Crippen LogP contribution in [0.5, 0.6) is 0 Å². The normalized spacial score (nSPS) is 22.3. The molecule has 4 heterocycles. The number of nitrogens with one attached hydrogen (secondary N) is 2. The van der Waals surface area contributed by atoms with Crippen LogP contribution in [0.25, 0.3) is 11.3 Å². The van der Waals surface area contributed by atoms with Crippen LogP contribution in [0.3, 0.4) is 0 Å². The number of carbonyl (C=O) groups is 1. The van der Waals surface area contributed by atoms with Crippen molar-refractivity contribution in [3.8, 4) is 11.3 Å². The van der Waals surface area contributed by atoms with Gasteiger partial charge in [-0.2, -0.15) is 0 Å². The quantitative estimate of drug-likeness (QED) is 0.748. The van der Waals surface area contributed by atoms with E-state index in [9.17, 15) is 4.79 Å². The van der Waals surface area contributed by atoms with Gasteiger partial charge in [0.05, 0.1) is 23.6 Å². The Morgan fingerprint density at radius 3 is 2.50 bits per heavy atom. The number of benzene rings is 1. The number of anilines is 2. The van der Waals surface area contributed by atoms with Crippen molar-refractivity contribution in [3.63, 3.8) is 0 Å². The number of aromatic nitrogens is 2. The lowest BCUT2D eigenvalue weighted by Crippen LogP contribution is -2.43. The van der Waals surface area contributed by atoms with Crippen LogP contribution < -0.4 is 15.5 Å². The average Bonchev–Trinajstić information content (AvgIpc) is 3.36. The van der Waals surface area contributed by atoms with E-state index >= 15 is 0 Å². The zero-order valence-corrected chi connectivity index (χ0v) is 19.1. The van der Waals surface area contributed by atoms with Crippen LogP contribution in [0, 0.1) is 0 Å². The van der Waals surface area contributed by atoms with E-state index in [1.54, 1.807) is 0 Å². The molecule has 1 aromatic carbocycles. The van der Waals surface area contributed by atoms with Gasteiger partial charge < -0.3 is 20.3 Å². The number of morpholine rings is 1. The summed E-state index contributed by atoms with van der Waals surface area (Å²) in [4.78, 5) is 26.7. The fourth-order valence-corrected chi connectivity index (χ4v) is 4.84. The molecule has 8 heteroatoms. The maximum atomic E-state index is 11.8. The van der Waals surface area contributed by atoms with Gasteiger partial charge in [0.15, 0.2) is 0 Å². The maximum Gasteiger partial charge on any atom is 0.319 e. The first-order valence-electron chi connectivity index (χ1n) is 11.7. The number of nitrogens with zero attached hydrogens (tertiary/aromatic N) is 4. The molecule has 2 unspecified atom stereocenters. The molecule has 2 fully saturated rings. The summed E-state index contributed by atoms with van der Waals surface area (Å²) in [6.45, 7) is 10.4. The summed E-state index contributed by atoms with van der Waals surface area (Å²) in [6, 6.07) is 8.19. The molecule has 2 amide bonds. The Morgan fingerprint density at radius 1 is 1.12 bits per heavy atom. The largest absolute Gasteiger partial charge is 0.371 e. The van der Waals surface area contributed by atoms with Crippen molar-refractivity contribution in [1.29, 1.82) is 0 Å². The lowest BCUT2D eigenvalue weighted by atomic mass is 10.1. The minimum absolute atomic E-state index is 0.194. The predicted molar refractivity (Wildman–Crippen MR) is 125 cm³/mol. The second kappa shape index (κ2) is 8.67. The Kier molecular flexibility index (Phi) is 5.73. The lowest BCUT2D eigenvalue weighted by molar-refractivity contribution is 0.0299. The van der Waals surface area contributed by atoms with E-state index in [1.165, 1.54) is 5.56 Å². The van der Waals surface area contributed by atoms with Gasteiger partial charge in [0.1, 0.15) is 0 Å². The molecule has 32 heavy (non-hydrogen) atoms. The number of carbonyl (C=O) groups excluding carboxylic acids is 1. The Hall–Kier alpha value is -2.71. The topological polar surface area (TPSA) is 82.6 Å². The van der Waals surface area contributed by atoms with Gasteiger partial charge >= 0.3 is 6.03 Å². The number of urea groups is 1. The van der Waals surface area contributed by atoms with Crippen molar-refractivity contribution in [2.75, 3.05) is 29.9 Å². The SMILES string of the molecule is CCNC(=O)Nc1ccc(-c2nc(N3CC4CCC(C3)O4)nc3c2CN(C(C)C)C3)cc1. The standard InChI is InChI=1S/C24H32N6O2/c1-4-25-24(31)26-17-7-5-16(6-8-17)22-20-13-29(15(2)3)14-21(20)27-23(28-22)30-11-18-9-10-19(12-30)32-18/h5-8,15,18-19H,4,9-14H2,1-3H3,(H2,25,26,31). The number of rotatable bonds is 5. The highest BCUT2D eigenvalue weighted by Crippen LogP contribution is 2.35. The molecule has 5 rings (SSSR count). The third-order valence-corrected chi connectivity index (χ3v) is 6.61. The summed E-state index contributed by atoms with van der Waals surface area (Å²) in [5.41, 5.74) is 5.15. The predicted octanol–water partition coefficient (Wildman–Crippen LogP) is 3.38. The first-order valence-corrected chi connectivity index (χ1v) is 11.7. The maximum absolute atomic E-state index is 11.8. The van der Waals surface area contributed by atoms with Crippen molar-refractivity contribution in [1.82, 2.24) is 20.2 Å². The molecule has 0 radical (unpaired) electrons. The van der Waals surface area contributed by atoms with E-state index in [2.05, 4.69) is 34.3 Å². The van der Waals surface area contributed by atoms with Crippen molar-refractivity contribution in [3.05, 3.63) is 35.5 Å². The smallest absolute Gasteiger partial charge is 0.319 e. The number of fused-ring (bicyclic) bond motifs is 3. The summed E-state index contributed by atoms with van der Waals surface area (Å²) >= 11 is 0. The summed E-state index contributed by atoms with van der Waals surface area (Å²) < 4.78 is 6.02. The van der Waals surface area contributed by atoms with Crippen molar-refractivity contribution in [2.45, 2.75) is 65.0 Å². The first-order chi connectivity index (χ1) is 15.5. The van der Waals surface area contributed by atoms with Crippen LogP contribution in [0.4, 0.5) is 16.4 Å². The van der Waals surface area contributed by atoms with Gasteiger partial charge in [-0.05, 0) is 45.7 Å². The molecule has 3 aliphatic rings. The fourth-order valence-electron chi connectivity index (χ4n) is 4.84. The number of ether oxygens (including phenoxy) is 1. The molecule has 2 N–H and O–H groups in total. The molecule has 2 aromatic rings. The van der Waals surface area contributed by atoms with E-state index < -0.39 is 0 Å². The van der Waals surface area contributed by atoms with Gasteiger partial charge in [-0.3, -0.25) is 4.90 Å². The van der Waals surface area contributed by atoms with Crippen LogP contribution in [0.1, 0.15) is 44.9 Å². The zero-order valence-electron chi connectivity index (χ0n) is 19.1. The molecule has 0 aliphatic carbocycles. The van der Waals surface area contributed by atoms with Gasteiger partial charge in [0.2, 0.25) is 5.95 Å². The Bertz CT molecular complexity index is 981. The van der Waals surface area contributed by atoms with Crippen molar-refractivity contribution in [2.24, 2.45) is 0 Å². The molecular weight excluding hydrogens is 404 g/mol. The Morgan fingerprint density at radius 2 is 1.84 bits per heavy atom. The monoisotopic (exact) mass is 436 g/mol. The van der Waals surface area contributed by atoms with E-state index in [4.69, 9.17) is 14.7 Å². The number of hydrogen-bond donors (Lipinski definition) is 2. The number of hydrogen-bond acceptors (Lipinski definition) is 6. The van der Waals surface area contributed by atoms with E-state index in [-0.39, 0.29) is 6.03 Å². The minimum Gasteiger partial charge on any atom is -0.371 e. The third kappa shape index (κ3) is 4.17. The average molecular weight is 437 g/mol. The van der Waals surface area contributed by atoms with Crippen LogP contribution >= 0.6 is 0 Å². The van der Waals surface area contributed by atoms with Gasteiger partial charge in [-0.25, -0.2) is 14.8 Å². The molecule has 8 nitrogen and oxygen atoms in total. The molecular formula is C24H32N6O2. The molecule has 0 spiro atoms. The zero-order chi connectivity index (χ0) is 22.2. The lowest BCUT2D eigenvalue weighted by Gasteiger charge is -2.32. The summed E-state index contributed by atoms with van der Waals surface area (Å²) in [5, 5.41) is 5.62. The molecule has 0 saturated carbocycles. The molecule has 2 saturated heterocycles. The summed E-state index contributed by atoms with van der Waals surface area (Å²) in [5.74, 6) is 0.814. The number of amides is 2. The van der Waals surface area contributed by atoms with Gasteiger partial charge in [-0.15, -0.1) is 0 Å². The minimum atomic E-state index is -0.194. The van der Waals surface area contributed by atoms with Crippen molar-refractivity contribution >= 4 is 17.7 Å². The van der Waals surface area contributed by atoms with Gasteiger partial charge in [0, 0.05) is 55.6 Å². The molecule has 1 aromatic heterocycles. The third-order valence-electron chi connectivity index (χ3n) is 6.61. The van der Waals surface area contributed by atoms with Crippen LogP contribution in [-0.2, 0) is 17.8 Å². The molecule has 170 valence electrons. The fraction of sp³-hybridized carbons (Fsp3) is 0.542. The van der Waals surface area contributed by atoms with Gasteiger partial charge in [-0.1, -0.05) is 12.1 Å². The first kappa shape index (κ1) is 21.2. The highest BCUT2D eigenvalue weighted by atomic mass is 16.5. The van der Waals surface area contributed by atoms with Crippen molar-refractivity contribution < 1.29 is 9.53 Å². The summed E-state index contributed by atoms with van der Waals surface area (Å²) in [6.07, 6.45) is 2.84. The van der Waals surface area contributed by atoms with E-state index in [0.29, 0.717) is 24.8 Å². The van der Waals surface area contributed by atoms with Crippen LogP contribution in [-0.4, -0.2) is 58.8 Å². The van der Waals surface area contributed by atoms with Crippen LogP contribution in [0.15, 0.2) is 24.3 Å². The van der Waals surface area contributed by atoms with Gasteiger partial charge in [0.25, 0.3) is 0 Å². The van der Waals surface area contributed by atoms with Crippen LogP contribution in [0.2, 0.25) is 0 Å². The Balaban J connectivity index is 1.47. The highest BCUT2D eigenvalue weighted by Gasteiger charge is 2.36. The van der Waals surface area contributed by atoms with E-state index in [1.807, 2.05) is 31.2 Å². The van der Waals surface area contributed by atoms with E-state index in [0.717, 1.165) is 67.6 Å². The molecule has 3 aliphatic heterocycles.